The van der Waals surface area contributed by atoms with Crippen LogP contribution >= 0.6 is 0 Å². The zero-order valence-electron chi connectivity index (χ0n) is 19.2. The number of amides is 2. The molecule has 35 heavy (non-hydrogen) atoms. The van der Waals surface area contributed by atoms with Gasteiger partial charge in [-0.25, -0.2) is 4.39 Å². The molecule has 0 saturated carbocycles. The second-order valence-corrected chi connectivity index (χ2v) is 8.47. The van der Waals surface area contributed by atoms with Gasteiger partial charge in [-0.3, -0.25) is 19.2 Å². The van der Waals surface area contributed by atoms with Gasteiger partial charge in [0.25, 0.3) is 5.91 Å². The summed E-state index contributed by atoms with van der Waals surface area (Å²) in [5.41, 5.74) is 0.518. The Labute approximate surface area is 200 Å². The molecular weight excluding hydrogens is 451 g/mol. The summed E-state index contributed by atoms with van der Waals surface area (Å²) in [6, 6.07) is 18.0. The number of benzene rings is 2. The Morgan fingerprint density at radius 2 is 1.97 bits per heavy atom. The van der Waals surface area contributed by atoms with Gasteiger partial charge in [-0.1, -0.05) is 18.2 Å². The molecule has 1 atom stereocenters. The number of aromatic nitrogens is 2. The Balaban J connectivity index is 1.50. The van der Waals surface area contributed by atoms with Crippen LogP contribution in [0.4, 0.5) is 10.1 Å². The lowest BCUT2D eigenvalue weighted by atomic mass is 9.93. The van der Waals surface area contributed by atoms with E-state index in [1.165, 1.54) is 34.0 Å². The number of hydrogen-bond acceptors (Lipinski definition) is 5. The third kappa shape index (κ3) is 4.05. The number of ether oxygens (including phenoxy) is 1. The number of methoxy groups -OCH3 is 1. The van der Waals surface area contributed by atoms with Crippen molar-refractivity contribution < 1.29 is 23.1 Å². The number of carbonyl (C=O) groups excluding carboxylic acids is 2. The van der Waals surface area contributed by atoms with Crippen LogP contribution in [0.1, 0.15) is 23.0 Å². The van der Waals surface area contributed by atoms with Crippen molar-refractivity contribution >= 4 is 17.5 Å². The molecule has 0 bridgehead atoms. The van der Waals surface area contributed by atoms with Gasteiger partial charge in [0.1, 0.15) is 28.5 Å². The fourth-order valence-corrected chi connectivity index (χ4v) is 4.26. The molecule has 2 amide bonds. The average molecular weight is 474 g/mol. The third-order valence-electron chi connectivity index (χ3n) is 6.09. The van der Waals surface area contributed by atoms with Crippen LogP contribution in [0.5, 0.6) is 5.75 Å². The van der Waals surface area contributed by atoms with E-state index < -0.39 is 23.2 Å². The number of halogens is 1. The van der Waals surface area contributed by atoms with Gasteiger partial charge in [-0.05, 0) is 55.0 Å². The summed E-state index contributed by atoms with van der Waals surface area (Å²) in [6.07, 6.45) is 1.52. The van der Waals surface area contributed by atoms with Crippen molar-refractivity contribution in [3.63, 3.8) is 0 Å². The van der Waals surface area contributed by atoms with Gasteiger partial charge in [-0.2, -0.15) is 5.10 Å². The molecule has 8 nitrogen and oxygen atoms in total. The molecule has 0 radical (unpaired) electrons. The van der Waals surface area contributed by atoms with E-state index in [9.17, 15) is 14.0 Å². The van der Waals surface area contributed by atoms with Gasteiger partial charge in [0.05, 0.1) is 19.9 Å². The highest BCUT2D eigenvalue weighted by Crippen LogP contribution is 2.34. The first kappa shape index (κ1) is 22.4. The molecule has 0 saturated heterocycles. The van der Waals surface area contributed by atoms with E-state index in [1.54, 1.807) is 50.4 Å². The monoisotopic (exact) mass is 474 g/mol. The van der Waals surface area contributed by atoms with E-state index in [0.717, 1.165) is 5.56 Å². The van der Waals surface area contributed by atoms with Gasteiger partial charge < -0.3 is 14.5 Å². The molecule has 1 N–H and O–H groups in total. The van der Waals surface area contributed by atoms with Crippen molar-refractivity contribution in [3.8, 4) is 17.2 Å². The maximum atomic E-state index is 14.1. The molecule has 4 aromatic rings. The van der Waals surface area contributed by atoms with Gasteiger partial charge >= 0.3 is 0 Å². The molecular formula is C26H23FN4O4. The number of fused-ring (bicyclic) bond motifs is 1. The van der Waals surface area contributed by atoms with E-state index in [2.05, 4.69) is 10.4 Å². The zero-order chi connectivity index (χ0) is 24.6. The normalized spacial score (nSPS) is 17.2. The maximum Gasteiger partial charge on any atom is 0.277 e. The summed E-state index contributed by atoms with van der Waals surface area (Å²) in [5.74, 6) is -0.157. The van der Waals surface area contributed by atoms with Crippen LogP contribution in [-0.4, -0.2) is 34.2 Å². The predicted octanol–water partition coefficient (Wildman–Crippen LogP) is 4.03. The molecule has 1 aliphatic heterocycles. The number of rotatable bonds is 6. The number of nitrogens with zero attached hydrogens (tertiary/aromatic N) is 3. The molecule has 2 aromatic carbocycles. The Hall–Kier alpha value is -4.40. The number of carbonyl (C=O) groups is 2. The van der Waals surface area contributed by atoms with Crippen LogP contribution < -0.4 is 15.0 Å². The molecule has 3 heterocycles. The second kappa shape index (κ2) is 8.75. The van der Waals surface area contributed by atoms with Gasteiger partial charge in [0, 0.05) is 18.3 Å². The highest BCUT2D eigenvalue weighted by molar-refractivity contribution is 6.12. The largest absolute Gasteiger partial charge is 0.497 e. The van der Waals surface area contributed by atoms with E-state index in [0.29, 0.717) is 17.2 Å². The average Bonchev–Trinajstić information content (AvgIpc) is 3.53. The Morgan fingerprint density at radius 1 is 1.17 bits per heavy atom. The third-order valence-corrected chi connectivity index (χ3v) is 6.09. The standard InChI is InChI=1S/C26H23FN4O4/c1-26(25(33)28-15-17-8-10-20(34-2)11-9-17)16-30-22(14-21(29-30)23-7-4-12-35-23)24(32)31(26)19-6-3-5-18(27)13-19/h3-14H,15-16H2,1-2H3,(H,28,33)/t26-/m0/s1. The number of anilines is 1. The number of nitrogens with one attached hydrogen (secondary N) is 1. The van der Waals surface area contributed by atoms with Crippen LogP contribution in [0.3, 0.4) is 0 Å². The summed E-state index contributed by atoms with van der Waals surface area (Å²) in [5, 5.41) is 7.43. The van der Waals surface area contributed by atoms with E-state index >= 15 is 0 Å². The van der Waals surface area contributed by atoms with Crippen LogP contribution in [0, 0.1) is 5.82 Å². The van der Waals surface area contributed by atoms with Crippen molar-refractivity contribution in [2.24, 2.45) is 0 Å². The first-order chi connectivity index (χ1) is 16.9. The van der Waals surface area contributed by atoms with Crippen molar-refractivity contribution in [1.29, 1.82) is 0 Å². The minimum Gasteiger partial charge on any atom is -0.497 e. The van der Waals surface area contributed by atoms with E-state index in [4.69, 9.17) is 9.15 Å². The van der Waals surface area contributed by atoms with Crippen molar-refractivity contribution in [1.82, 2.24) is 15.1 Å². The lowest BCUT2D eigenvalue weighted by molar-refractivity contribution is -0.126. The second-order valence-electron chi connectivity index (χ2n) is 8.47. The summed E-state index contributed by atoms with van der Waals surface area (Å²) >= 11 is 0. The Morgan fingerprint density at radius 3 is 2.66 bits per heavy atom. The zero-order valence-corrected chi connectivity index (χ0v) is 19.2. The predicted molar refractivity (Wildman–Crippen MR) is 126 cm³/mol. The van der Waals surface area contributed by atoms with Crippen molar-refractivity contribution in [2.75, 3.05) is 12.0 Å². The van der Waals surface area contributed by atoms with Crippen LogP contribution in [0.15, 0.2) is 77.4 Å². The first-order valence-corrected chi connectivity index (χ1v) is 11.0. The van der Waals surface area contributed by atoms with Crippen LogP contribution in [0.25, 0.3) is 11.5 Å². The topological polar surface area (TPSA) is 89.6 Å². The molecule has 0 aliphatic carbocycles. The van der Waals surface area contributed by atoms with Crippen LogP contribution in [0.2, 0.25) is 0 Å². The lowest BCUT2D eigenvalue weighted by Gasteiger charge is -2.43. The molecule has 5 rings (SSSR count). The van der Waals surface area contributed by atoms with Gasteiger partial charge in [0.2, 0.25) is 5.91 Å². The van der Waals surface area contributed by atoms with Crippen LogP contribution in [-0.2, 0) is 17.9 Å². The molecule has 2 aromatic heterocycles. The van der Waals surface area contributed by atoms with E-state index in [1.807, 2.05) is 12.1 Å². The minimum atomic E-state index is -1.38. The molecule has 0 unspecified atom stereocenters. The quantitative estimate of drug-likeness (QED) is 0.456. The van der Waals surface area contributed by atoms with Crippen molar-refractivity contribution in [2.45, 2.75) is 25.6 Å². The minimum absolute atomic E-state index is 0.0692. The van der Waals surface area contributed by atoms with Gasteiger partial charge in [-0.15, -0.1) is 0 Å². The fourth-order valence-electron chi connectivity index (χ4n) is 4.26. The molecule has 1 aliphatic rings. The lowest BCUT2D eigenvalue weighted by Crippen LogP contribution is -2.64. The molecule has 0 fully saturated rings. The SMILES string of the molecule is COc1ccc(CNC(=O)[C@]2(C)Cn3nc(-c4ccco4)cc3C(=O)N2c2cccc(F)c2)cc1. The molecule has 9 heteroatoms. The Bertz CT molecular complexity index is 1380. The highest BCUT2D eigenvalue weighted by Gasteiger charge is 2.49. The summed E-state index contributed by atoms with van der Waals surface area (Å²) in [6.45, 7) is 1.96. The Kier molecular flexibility index (Phi) is 5.60. The first-order valence-electron chi connectivity index (χ1n) is 11.0. The fraction of sp³-hybridized carbons (Fsp3) is 0.192. The highest BCUT2D eigenvalue weighted by atomic mass is 19.1. The number of furan rings is 1. The molecule has 0 spiro atoms. The summed E-state index contributed by atoms with van der Waals surface area (Å²) in [7, 11) is 1.58. The van der Waals surface area contributed by atoms with Crippen molar-refractivity contribution in [3.05, 3.63) is 90.1 Å². The summed E-state index contributed by atoms with van der Waals surface area (Å²) in [4.78, 5) is 28.6. The summed E-state index contributed by atoms with van der Waals surface area (Å²) < 4.78 is 26.2. The maximum absolute atomic E-state index is 14.1. The molecule has 178 valence electrons. The van der Waals surface area contributed by atoms with E-state index in [-0.39, 0.29) is 24.5 Å². The smallest absolute Gasteiger partial charge is 0.277 e. The number of hydrogen-bond donors (Lipinski definition) is 1. The van der Waals surface area contributed by atoms with Gasteiger partial charge in [0.15, 0.2) is 5.76 Å².